The zero-order valence-corrected chi connectivity index (χ0v) is 19.5. The van der Waals surface area contributed by atoms with Gasteiger partial charge in [-0.3, -0.25) is 9.52 Å². The smallest absolute Gasteiger partial charge is 0.262 e. The van der Waals surface area contributed by atoms with Crippen molar-refractivity contribution in [1.29, 1.82) is 0 Å². The molecule has 0 heterocycles. The first-order valence-electron chi connectivity index (χ1n) is 10.3. The molecule has 0 aliphatic carbocycles. The van der Waals surface area contributed by atoms with Crippen molar-refractivity contribution in [2.24, 2.45) is 0 Å². The van der Waals surface area contributed by atoms with Gasteiger partial charge in [0, 0.05) is 5.56 Å². The molecule has 0 bridgehead atoms. The van der Waals surface area contributed by atoms with Gasteiger partial charge in [0.1, 0.15) is 12.4 Å². The molecular weight excluding hydrogens is 424 g/mol. The first kappa shape index (κ1) is 23.3. The quantitative estimate of drug-likeness (QED) is 0.492. The number of carbonyl (C=O) groups excluding carboxylic acids is 1. The summed E-state index contributed by atoms with van der Waals surface area (Å²) in [4.78, 5) is 12.6. The fourth-order valence-electron chi connectivity index (χ4n) is 3.30. The molecule has 7 heteroatoms. The number of benzene rings is 3. The lowest BCUT2D eigenvalue weighted by atomic mass is 10.1. The van der Waals surface area contributed by atoms with Crippen LogP contribution in [0.25, 0.3) is 0 Å². The Morgan fingerprint density at radius 1 is 0.875 bits per heavy atom. The van der Waals surface area contributed by atoms with Gasteiger partial charge in [0.25, 0.3) is 15.9 Å². The van der Waals surface area contributed by atoms with Gasteiger partial charge in [-0.25, -0.2) is 8.42 Å². The minimum Gasteiger partial charge on any atom is -0.492 e. The molecule has 168 valence electrons. The van der Waals surface area contributed by atoms with E-state index in [2.05, 4.69) is 10.0 Å². The van der Waals surface area contributed by atoms with E-state index in [9.17, 15) is 13.2 Å². The Bertz CT molecular complexity index is 1240. The Morgan fingerprint density at radius 2 is 1.62 bits per heavy atom. The molecule has 0 aliphatic rings. The largest absolute Gasteiger partial charge is 0.492 e. The van der Waals surface area contributed by atoms with Crippen LogP contribution in [-0.4, -0.2) is 27.5 Å². The fraction of sp³-hybridized carbons (Fsp3) is 0.240. The maximum absolute atomic E-state index is 13.0. The van der Waals surface area contributed by atoms with Crippen LogP contribution < -0.4 is 14.8 Å². The van der Waals surface area contributed by atoms with Crippen molar-refractivity contribution < 1.29 is 17.9 Å². The highest BCUT2D eigenvalue weighted by molar-refractivity contribution is 7.92. The predicted molar refractivity (Wildman–Crippen MR) is 127 cm³/mol. The summed E-state index contributed by atoms with van der Waals surface area (Å²) in [5.74, 6) is 0.376. The topological polar surface area (TPSA) is 84.5 Å². The normalized spacial score (nSPS) is 11.1. The molecule has 1 amide bonds. The van der Waals surface area contributed by atoms with Crippen LogP contribution in [0, 0.1) is 27.7 Å². The fourth-order valence-corrected chi connectivity index (χ4v) is 4.70. The van der Waals surface area contributed by atoms with Crippen molar-refractivity contribution in [3.63, 3.8) is 0 Å². The number of amides is 1. The Hall–Kier alpha value is -3.32. The van der Waals surface area contributed by atoms with Gasteiger partial charge in [-0.15, -0.1) is 0 Å². The van der Waals surface area contributed by atoms with Crippen molar-refractivity contribution in [2.45, 2.75) is 32.6 Å². The van der Waals surface area contributed by atoms with Gasteiger partial charge < -0.3 is 10.1 Å². The van der Waals surface area contributed by atoms with Crippen molar-refractivity contribution in [3.05, 3.63) is 88.5 Å². The summed E-state index contributed by atoms with van der Waals surface area (Å²) in [6, 6.07) is 17.8. The number of hydrogen-bond donors (Lipinski definition) is 2. The third-order valence-corrected chi connectivity index (χ3v) is 6.52. The number of rotatable bonds is 8. The van der Waals surface area contributed by atoms with Crippen LogP contribution in [0.15, 0.2) is 65.6 Å². The third kappa shape index (κ3) is 5.88. The predicted octanol–water partition coefficient (Wildman–Crippen LogP) is 4.53. The Morgan fingerprint density at radius 3 is 2.34 bits per heavy atom. The second kappa shape index (κ2) is 9.87. The maximum atomic E-state index is 13.0. The Balaban J connectivity index is 1.68. The van der Waals surface area contributed by atoms with E-state index in [0.29, 0.717) is 24.4 Å². The molecular formula is C25H28N2O4S. The second-order valence-electron chi connectivity index (χ2n) is 7.83. The number of aryl methyl sites for hydroxylation is 4. The van der Waals surface area contributed by atoms with Gasteiger partial charge in [-0.2, -0.15) is 0 Å². The average molecular weight is 453 g/mol. The lowest BCUT2D eigenvalue weighted by molar-refractivity contribution is 0.0946. The molecule has 0 aromatic heterocycles. The van der Waals surface area contributed by atoms with E-state index in [-0.39, 0.29) is 16.4 Å². The molecule has 0 radical (unpaired) electrons. The van der Waals surface area contributed by atoms with Crippen molar-refractivity contribution in [1.82, 2.24) is 5.32 Å². The molecule has 3 aromatic rings. The van der Waals surface area contributed by atoms with E-state index in [4.69, 9.17) is 4.74 Å². The maximum Gasteiger partial charge on any atom is 0.262 e. The number of carbonyl (C=O) groups is 1. The van der Waals surface area contributed by atoms with E-state index < -0.39 is 10.0 Å². The zero-order valence-electron chi connectivity index (χ0n) is 18.7. The minimum atomic E-state index is -3.86. The van der Waals surface area contributed by atoms with Crippen LogP contribution in [-0.2, 0) is 10.0 Å². The summed E-state index contributed by atoms with van der Waals surface area (Å²) in [6.07, 6.45) is 0. The lowest BCUT2D eigenvalue weighted by Gasteiger charge is -2.14. The van der Waals surface area contributed by atoms with Gasteiger partial charge in [-0.05, 0) is 74.7 Å². The highest BCUT2D eigenvalue weighted by Crippen LogP contribution is 2.23. The summed E-state index contributed by atoms with van der Waals surface area (Å²) in [7, 11) is -3.86. The van der Waals surface area contributed by atoms with Crippen LogP contribution in [0.2, 0.25) is 0 Å². The van der Waals surface area contributed by atoms with Gasteiger partial charge >= 0.3 is 0 Å². The molecule has 3 rings (SSSR count). The summed E-state index contributed by atoms with van der Waals surface area (Å²) < 4.78 is 34.3. The highest BCUT2D eigenvalue weighted by Gasteiger charge is 2.20. The molecule has 0 unspecified atom stereocenters. The molecule has 2 N–H and O–H groups in total. The van der Waals surface area contributed by atoms with Gasteiger partial charge in [0.2, 0.25) is 0 Å². The SMILES string of the molecule is Cc1cccc(OCCNC(=O)c2ccc(C)c(S(=O)(=O)Nc3ccc(C)cc3C)c2)c1. The molecule has 0 atom stereocenters. The van der Waals surface area contributed by atoms with Crippen LogP contribution in [0.5, 0.6) is 5.75 Å². The standard InChI is InChI=1S/C25H28N2O4S/c1-17-6-5-7-22(15-17)31-13-12-26-25(28)21-10-9-19(3)24(16-21)32(29,30)27-23-11-8-18(2)14-20(23)4/h5-11,14-16,27H,12-13H2,1-4H3,(H,26,28). The molecule has 0 spiro atoms. The van der Waals surface area contributed by atoms with E-state index >= 15 is 0 Å². The summed E-state index contributed by atoms with van der Waals surface area (Å²) in [5, 5.41) is 2.77. The van der Waals surface area contributed by atoms with E-state index in [1.54, 1.807) is 25.1 Å². The van der Waals surface area contributed by atoms with E-state index in [0.717, 1.165) is 22.4 Å². The Kier molecular flexibility index (Phi) is 7.20. The first-order chi connectivity index (χ1) is 15.2. The molecule has 0 saturated heterocycles. The summed E-state index contributed by atoms with van der Waals surface area (Å²) >= 11 is 0. The average Bonchev–Trinajstić information content (AvgIpc) is 2.73. The minimum absolute atomic E-state index is 0.0705. The number of ether oxygens (including phenoxy) is 1. The number of anilines is 1. The second-order valence-corrected chi connectivity index (χ2v) is 9.48. The monoisotopic (exact) mass is 452 g/mol. The zero-order chi connectivity index (χ0) is 23.3. The Labute approximate surface area is 189 Å². The first-order valence-corrected chi connectivity index (χ1v) is 11.8. The van der Waals surface area contributed by atoms with Gasteiger partial charge in [0.05, 0.1) is 17.1 Å². The number of sulfonamides is 1. The van der Waals surface area contributed by atoms with Crippen molar-refractivity contribution in [3.8, 4) is 5.75 Å². The van der Waals surface area contributed by atoms with Crippen molar-refractivity contribution in [2.75, 3.05) is 17.9 Å². The molecule has 0 aliphatic heterocycles. The van der Waals surface area contributed by atoms with E-state index in [1.165, 1.54) is 6.07 Å². The number of hydrogen-bond acceptors (Lipinski definition) is 4. The van der Waals surface area contributed by atoms with Gasteiger partial charge in [-0.1, -0.05) is 35.9 Å². The third-order valence-electron chi connectivity index (χ3n) is 5.01. The molecule has 32 heavy (non-hydrogen) atoms. The van der Waals surface area contributed by atoms with Crippen molar-refractivity contribution >= 4 is 21.6 Å². The molecule has 0 fully saturated rings. The number of nitrogens with one attached hydrogen (secondary N) is 2. The molecule has 6 nitrogen and oxygen atoms in total. The van der Waals surface area contributed by atoms with Crippen LogP contribution in [0.3, 0.4) is 0 Å². The highest BCUT2D eigenvalue weighted by atomic mass is 32.2. The summed E-state index contributed by atoms with van der Waals surface area (Å²) in [5.41, 5.74) is 4.31. The van der Waals surface area contributed by atoms with Crippen LogP contribution in [0.4, 0.5) is 5.69 Å². The van der Waals surface area contributed by atoms with E-state index in [1.807, 2.05) is 57.2 Å². The molecule has 0 saturated carbocycles. The van der Waals surface area contributed by atoms with Crippen LogP contribution in [0.1, 0.15) is 32.6 Å². The van der Waals surface area contributed by atoms with Crippen LogP contribution >= 0.6 is 0 Å². The lowest BCUT2D eigenvalue weighted by Crippen LogP contribution is -2.28. The summed E-state index contributed by atoms with van der Waals surface area (Å²) in [6.45, 7) is 8.08. The molecule has 3 aromatic carbocycles. The van der Waals surface area contributed by atoms with Gasteiger partial charge in [0.15, 0.2) is 0 Å².